The van der Waals surface area contributed by atoms with E-state index in [4.69, 9.17) is 0 Å². The fraction of sp³-hybridized carbons (Fsp3) is 0.421. The minimum Gasteiger partial charge on any atom is -0.364 e. The molecule has 24 heavy (non-hydrogen) atoms. The highest BCUT2D eigenvalue weighted by Crippen LogP contribution is 2.08. The van der Waals surface area contributed by atoms with Crippen molar-refractivity contribution in [2.75, 3.05) is 0 Å². The van der Waals surface area contributed by atoms with Crippen molar-refractivity contribution in [3.8, 4) is 0 Å². The normalized spacial score (nSPS) is 12.0. The number of pyridine rings is 1. The molecule has 2 rings (SSSR count). The lowest BCUT2D eigenvalue weighted by Gasteiger charge is -2.10. The summed E-state index contributed by atoms with van der Waals surface area (Å²) >= 11 is 0. The molecule has 0 aromatic carbocycles. The third-order valence-electron chi connectivity index (χ3n) is 3.13. The fourth-order valence-electron chi connectivity index (χ4n) is 2.12. The van der Waals surface area contributed by atoms with Crippen molar-refractivity contribution in [1.29, 1.82) is 0 Å². The molecule has 0 fully saturated rings. The molecule has 0 unspecified atom stereocenters. The molecule has 0 spiro atoms. The maximum atomic E-state index is 12.2. The summed E-state index contributed by atoms with van der Waals surface area (Å²) in [5.41, 5.74) is 0.583. The van der Waals surface area contributed by atoms with E-state index < -0.39 is 11.3 Å². The van der Waals surface area contributed by atoms with Crippen LogP contribution in [-0.2, 0) is 0 Å². The third kappa shape index (κ3) is 5.65. The number of aryl methyl sites for hydroxylation is 1. The highest BCUT2D eigenvalue weighted by molar-refractivity contribution is 6.00. The van der Waals surface area contributed by atoms with Crippen LogP contribution in [0.3, 0.4) is 0 Å². The Labute approximate surface area is 143 Å². The van der Waals surface area contributed by atoms with E-state index in [0.29, 0.717) is 11.4 Å². The lowest BCUT2D eigenvalue weighted by atomic mass is 10.1. The van der Waals surface area contributed by atoms with Gasteiger partial charge in [0.2, 0.25) is 5.43 Å². The van der Waals surface area contributed by atoms with E-state index in [-0.39, 0.29) is 16.9 Å². The zero-order valence-electron chi connectivity index (χ0n) is 15.4. The number of Topliss-reactive ketones (excluding diaryl/α,β-unsaturated/α-hetero) is 1. The summed E-state index contributed by atoms with van der Waals surface area (Å²) in [4.78, 5) is 38.5. The largest absolute Gasteiger partial charge is 0.364 e. The van der Waals surface area contributed by atoms with Gasteiger partial charge in [0.05, 0.1) is 5.56 Å². The number of H-pyrrole nitrogens is 1. The van der Waals surface area contributed by atoms with Gasteiger partial charge in [0, 0.05) is 17.6 Å². The quantitative estimate of drug-likeness (QED) is 0.824. The number of hydrogen-bond acceptors (Lipinski definition) is 3. The Morgan fingerprint density at radius 1 is 1.12 bits per heavy atom. The smallest absolute Gasteiger partial charge is 0.261 e. The number of rotatable bonds is 3. The van der Waals surface area contributed by atoms with Gasteiger partial charge in [-0.3, -0.25) is 14.4 Å². The molecule has 0 saturated heterocycles. The van der Waals surface area contributed by atoms with Gasteiger partial charge in [-0.05, 0) is 32.8 Å². The number of amides is 1. The number of carbonyl (C=O) groups is 2. The number of ketones is 1. The van der Waals surface area contributed by atoms with Crippen molar-refractivity contribution in [2.24, 2.45) is 0 Å². The van der Waals surface area contributed by atoms with Gasteiger partial charge < -0.3 is 10.3 Å². The molecule has 1 aliphatic carbocycles. The van der Waals surface area contributed by atoms with Gasteiger partial charge in [-0.1, -0.05) is 39.8 Å². The molecule has 1 amide bonds. The number of hydrogen-bond donors (Lipinski definition) is 2. The number of carbonyl (C=O) groups excluding carboxylic acids is 2. The predicted molar refractivity (Wildman–Crippen MR) is 98.4 cm³/mol. The van der Waals surface area contributed by atoms with Gasteiger partial charge in [-0.2, -0.15) is 0 Å². The molecule has 5 heteroatoms. The van der Waals surface area contributed by atoms with Crippen LogP contribution in [0.15, 0.2) is 34.9 Å². The van der Waals surface area contributed by atoms with Gasteiger partial charge in [-0.25, -0.2) is 0 Å². The van der Waals surface area contributed by atoms with Gasteiger partial charge in [0.1, 0.15) is 5.56 Å². The van der Waals surface area contributed by atoms with E-state index in [1.54, 1.807) is 13.0 Å². The molecule has 1 heterocycles. The Morgan fingerprint density at radius 3 is 2.25 bits per heavy atom. The third-order valence-corrected chi connectivity index (χ3v) is 3.13. The molecular weight excluding hydrogens is 304 g/mol. The first kappa shape index (κ1) is 21.6. The minimum absolute atomic E-state index is 0.0332. The Kier molecular flexibility index (Phi) is 10.0. The van der Waals surface area contributed by atoms with E-state index in [2.05, 4.69) is 10.3 Å². The van der Waals surface area contributed by atoms with Crippen LogP contribution in [0.5, 0.6) is 0 Å². The van der Waals surface area contributed by atoms with Crippen LogP contribution in [0.25, 0.3) is 0 Å². The van der Waals surface area contributed by atoms with E-state index in [1.165, 1.54) is 13.1 Å². The minimum atomic E-state index is -0.536. The van der Waals surface area contributed by atoms with Crippen LogP contribution in [0.4, 0.5) is 0 Å². The molecule has 0 aliphatic heterocycles. The van der Waals surface area contributed by atoms with Gasteiger partial charge in [-0.15, -0.1) is 0 Å². The summed E-state index contributed by atoms with van der Waals surface area (Å²) in [6.07, 6.45) is 8.79. The lowest BCUT2D eigenvalue weighted by Crippen LogP contribution is -2.31. The monoisotopic (exact) mass is 332 g/mol. The SMILES string of the molecule is CC.CC.CC(=O)c1c(C)[nH]cc(C(=O)NC2=CCCC=C2)c1=O. The maximum Gasteiger partial charge on any atom is 0.261 e. The van der Waals surface area contributed by atoms with Crippen LogP contribution < -0.4 is 10.7 Å². The van der Waals surface area contributed by atoms with Gasteiger partial charge >= 0.3 is 0 Å². The van der Waals surface area contributed by atoms with Crippen LogP contribution in [0.2, 0.25) is 0 Å². The van der Waals surface area contributed by atoms with E-state index in [1.807, 2.05) is 39.8 Å². The molecule has 5 nitrogen and oxygen atoms in total. The second kappa shape index (κ2) is 11.2. The van der Waals surface area contributed by atoms with Crippen molar-refractivity contribution in [3.05, 3.63) is 57.2 Å². The average molecular weight is 332 g/mol. The molecular formula is C19H28N2O3. The first-order chi connectivity index (χ1) is 11.5. The molecule has 132 valence electrons. The molecule has 0 atom stereocenters. The molecule has 0 radical (unpaired) electrons. The Balaban J connectivity index is 0.00000123. The summed E-state index contributed by atoms with van der Waals surface area (Å²) in [6.45, 7) is 10.9. The fourth-order valence-corrected chi connectivity index (χ4v) is 2.12. The van der Waals surface area contributed by atoms with Crippen LogP contribution in [-0.4, -0.2) is 16.7 Å². The van der Waals surface area contributed by atoms with Crippen molar-refractivity contribution in [1.82, 2.24) is 10.3 Å². The molecule has 1 aromatic rings. The van der Waals surface area contributed by atoms with Gasteiger partial charge in [0.25, 0.3) is 5.91 Å². The zero-order chi connectivity index (χ0) is 18.7. The molecule has 0 bridgehead atoms. The first-order valence-electron chi connectivity index (χ1n) is 8.42. The van der Waals surface area contributed by atoms with E-state index in [0.717, 1.165) is 12.8 Å². The molecule has 1 aromatic heterocycles. The second-order valence-corrected chi connectivity index (χ2v) is 4.68. The second-order valence-electron chi connectivity index (χ2n) is 4.68. The number of aromatic nitrogens is 1. The van der Waals surface area contributed by atoms with Crippen molar-refractivity contribution in [3.63, 3.8) is 0 Å². The standard InChI is InChI=1S/C15H16N2O3.2C2H6/c1-9-13(10(2)18)14(19)12(8-16-9)15(20)17-11-6-4-3-5-7-11;2*1-2/h4,6-8H,3,5H2,1-2H3,(H,16,19)(H,17,20);2*1-2H3. The summed E-state index contributed by atoms with van der Waals surface area (Å²) in [5, 5.41) is 2.67. The lowest BCUT2D eigenvalue weighted by molar-refractivity contribution is 0.0965. The summed E-state index contributed by atoms with van der Waals surface area (Å²) in [5.74, 6) is -0.860. The van der Waals surface area contributed by atoms with E-state index in [9.17, 15) is 14.4 Å². The summed E-state index contributed by atoms with van der Waals surface area (Å²) in [6, 6.07) is 0. The Morgan fingerprint density at radius 2 is 1.75 bits per heavy atom. The number of nitrogens with one attached hydrogen (secondary N) is 2. The number of aromatic amines is 1. The van der Waals surface area contributed by atoms with Crippen LogP contribution in [0.1, 0.15) is 73.9 Å². The van der Waals surface area contributed by atoms with Crippen LogP contribution in [0, 0.1) is 6.92 Å². The van der Waals surface area contributed by atoms with E-state index >= 15 is 0 Å². The van der Waals surface area contributed by atoms with Crippen molar-refractivity contribution >= 4 is 11.7 Å². The Hall–Kier alpha value is -2.43. The maximum absolute atomic E-state index is 12.2. The van der Waals surface area contributed by atoms with Crippen molar-refractivity contribution < 1.29 is 9.59 Å². The van der Waals surface area contributed by atoms with Gasteiger partial charge in [0.15, 0.2) is 5.78 Å². The highest BCUT2D eigenvalue weighted by Gasteiger charge is 2.18. The zero-order valence-corrected chi connectivity index (χ0v) is 15.4. The predicted octanol–water partition coefficient (Wildman–Crippen LogP) is 3.90. The molecule has 0 saturated carbocycles. The van der Waals surface area contributed by atoms with Crippen LogP contribution >= 0.6 is 0 Å². The van der Waals surface area contributed by atoms with Crippen molar-refractivity contribution in [2.45, 2.75) is 54.4 Å². The topological polar surface area (TPSA) is 79.0 Å². The summed E-state index contributed by atoms with van der Waals surface area (Å²) < 4.78 is 0. The summed E-state index contributed by atoms with van der Waals surface area (Å²) in [7, 11) is 0. The molecule has 2 N–H and O–H groups in total. The first-order valence-corrected chi connectivity index (χ1v) is 8.42. The number of allylic oxidation sites excluding steroid dienone is 3. The average Bonchev–Trinajstić information content (AvgIpc) is 2.59. The highest BCUT2D eigenvalue weighted by atomic mass is 16.2. The Bertz CT molecular complexity index is 682. The molecule has 1 aliphatic rings.